The summed E-state index contributed by atoms with van der Waals surface area (Å²) in [4.78, 5) is 33.2. The first-order valence-electron chi connectivity index (χ1n) is 10.5. The predicted octanol–water partition coefficient (Wildman–Crippen LogP) is 4.10. The molecule has 156 valence electrons. The molecule has 6 nitrogen and oxygen atoms in total. The summed E-state index contributed by atoms with van der Waals surface area (Å²) in [5, 5.41) is 0.555. The monoisotopic (exact) mass is 405 g/mol. The van der Waals surface area contributed by atoms with Crippen molar-refractivity contribution in [2.45, 2.75) is 39.2 Å². The van der Waals surface area contributed by atoms with Gasteiger partial charge in [0.2, 0.25) is 5.91 Å². The molecule has 0 bridgehead atoms. The van der Waals surface area contributed by atoms with Crippen molar-refractivity contribution in [1.29, 1.82) is 0 Å². The fraction of sp³-hybridized carbons (Fsp3) is 0.375. The Balaban J connectivity index is 1.90. The molecule has 1 heterocycles. The first-order chi connectivity index (χ1) is 14.5. The molecule has 6 heteroatoms. The zero-order valence-electron chi connectivity index (χ0n) is 17.7. The SMILES string of the molecule is CCCN(C(=O)C1CC1)C(C)c1nc2ccccc2c(=O)n1-c1ccc(OC)cc1. The van der Waals surface area contributed by atoms with Crippen molar-refractivity contribution in [2.24, 2.45) is 5.92 Å². The first kappa shape index (κ1) is 20.1. The van der Waals surface area contributed by atoms with E-state index in [1.807, 2.05) is 54.3 Å². The fourth-order valence-electron chi connectivity index (χ4n) is 3.85. The summed E-state index contributed by atoms with van der Waals surface area (Å²) in [5.41, 5.74) is 1.21. The Kier molecular flexibility index (Phi) is 5.57. The van der Waals surface area contributed by atoms with Gasteiger partial charge in [0, 0.05) is 12.5 Å². The lowest BCUT2D eigenvalue weighted by Gasteiger charge is -2.30. The summed E-state index contributed by atoms with van der Waals surface area (Å²) < 4.78 is 6.90. The van der Waals surface area contributed by atoms with Crippen molar-refractivity contribution in [3.05, 3.63) is 64.7 Å². The number of amides is 1. The summed E-state index contributed by atoms with van der Waals surface area (Å²) in [6.07, 6.45) is 2.74. The van der Waals surface area contributed by atoms with Crippen molar-refractivity contribution < 1.29 is 9.53 Å². The zero-order chi connectivity index (χ0) is 21.3. The standard InChI is InChI=1S/C24H27N3O3/c1-4-15-26(23(28)17-9-10-17)16(2)22-25-21-8-6-5-7-20(21)24(29)27(22)18-11-13-19(30-3)14-12-18/h5-8,11-14,16-17H,4,9-10,15H2,1-3H3. The second kappa shape index (κ2) is 8.30. The Morgan fingerprint density at radius 1 is 1.20 bits per heavy atom. The van der Waals surface area contributed by atoms with Crippen LogP contribution in [0.2, 0.25) is 0 Å². The second-order valence-electron chi connectivity index (χ2n) is 7.81. The summed E-state index contributed by atoms with van der Waals surface area (Å²) in [5.74, 6) is 1.56. The Hall–Kier alpha value is -3.15. The van der Waals surface area contributed by atoms with Crippen LogP contribution >= 0.6 is 0 Å². The maximum absolute atomic E-state index is 13.5. The maximum Gasteiger partial charge on any atom is 0.266 e. The molecule has 30 heavy (non-hydrogen) atoms. The normalized spacial score (nSPS) is 14.5. The molecule has 0 spiro atoms. The molecule has 0 radical (unpaired) electrons. The topological polar surface area (TPSA) is 64.4 Å². The van der Waals surface area contributed by atoms with Gasteiger partial charge in [0.1, 0.15) is 11.6 Å². The van der Waals surface area contributed by atoms with Gasteiger partial charge in [0.25, 0.3) is 5.56 Å². The van der Waals surface area contributed by atoms with Crippen LogP contribution in [0.4, 0.5) is 0 Å². The zero-order valence-corrected chi connectivity index (χ0v) is 17.7. The molecule has 0 saturated heterocycles. The summed E-state index contributed by atoms with van der Waals surface area (Å²) in [6, 6.07) is 14.4. The van der Waals surface area contributed by atoms with Crippen LogP contribution in [0.5, 0.6) is 5.75 Å². The molecule has 1 aromatic heterocycles. The molecule has 1 aliphatic carbocycles. The highest BCUT2D eigenvalue weighted by Gasteiger charge is 2.36. The van der Waals surface area contributed by atoms with Crippen LogP contribution in [-0.4, -0.2) is 34.0 Å². The van der Waals surface area contributed by atoms with Crippen LogP contribution in [0.1, 0.15) is 45.0 Å². The smallest absolute Gasteiger partial charge is 0.266 e. The number of aromatic nitrogens is 2. The average Bonchev–Trinajstić information content (AvgIpc) is 3.62. The van der Waals surface area contributed by atoms with Gasteiger partial charge in [0.05, 0.1) is 29.7 Å². The Labute approximate surface area is 176 Å². The predicted molar refractivity (Wildman–Crippen MR) is 117 cm³/mol. The van der Waals surface area contributed by atoms with Gasteiger partial charge in [-0.15, -0.1) is 0 Å². The third-order valence-corrected chi connectivity index (χ3v) is 5.65. The van der Waals surface area contributed by atoms with Crippen molar-refractivity contribution in [2.75, 3.05) is 13.7 Å². The molecule has 3 aromatic rings. The third kappa shape index (κ3) is 3.70. The van der Waals surface area contributed by atoms with Crippen molar-refractivity contribution >= 4 is 16.8 Å². The van der Waals surface area contributed by atoms with E-state index in [1.165, 1.54) is 0 Å². The van der Waals surface area contributed by atoms with Gasteiger partial charge < -0.3 is 9.64 Å². The Morgan fingerprint density at radius 3 is 2.53 bits per heavy atom. The number of hydrogen-bond donors (Lipinski definition) is 0. The first-order valence-corrected chi connectivity index (χ1v) is 10.5. The number of rotatable bonds is 7. The van der Waals surface area contributed by atoms with E-state index in [0.29, 0.717) is 34.7 Å². The molecule has 1 aliphatic rings. The maximum atomic E-state index is 13.5. The number of nitrogens with zero attached hydrogens (tertiary/aromatic N) is 3. The molecule has 1 unspecified atom stereocenters. The van der Waals surface area contributed by atoms with Gasteiger partial charge in [-0.25, -0.2) is 4.98 Å². The van der Waals surface area contributed by atoms with E-state index in [0.717, 1.165) is 19.3 Å². The van der Waals surface area contributed by atoms with Gasteiger partial charge in [-0.1, -0.05) is 19.1 Å². The van der Waals surface area contributed by atoms with Crippen molar-refractivity contribution in [3.63, 3.8) is 0 Å². The molecule has 1 fully saturated rings. The van der Waals surface area contributed by atoms with Crippen LogP contribution < -0.4 is 10.3 Å². The van der Waals surface area contributed by atoms with Gasteiger partial charge in [-0.05, 0) is 62.6 Å². The number of para-hydroxylation sites is 1. The van der Waals surface area contributed by atoms with E-state index in [2.05, 4.69) is 6.92 Å². The highest BCUT2D eigenvalue weighted by atomic mass is 16.5. The number of hydrogen-bond acceptors (Lipinski definition) is 4. The van der Waals surface area contributed by atoms with Gasteiger partial charge in [-0.2, -0.15) is 0 Å². The Morgan fingerprint density at radius 2 is 1.90 bits per heavy atom. The lowest BCUT2D eigenvalue weighted by molar-refractivity contribution is -0.135. The summed E-state index contributed by atoms with van der Waals surface area (Å²) in [7, 11) is 1.61. The minimum Gasteiger partial charge on any atom is -0.497 e. The molecule has 1 atom stereocenters. The largest absolute Gasteiger partial charge is 0.497 e. The Bertz CT molecular complexity index is 1120. The molecule has 1 amide bonds. The van der Waals surface area contributed by atoms with Crippen LogP contribution in [0.15, 0.2) is 53.3 Å². The van der Waals surface area contributed by atoms with E-state index in [9.17, 15) is 9.59 Å². The minimum atomic E-state index is -0.322. The van der Waals surface area contributed by atoms with Crippen LogP contribution in [0.25, 0.3) is 16.6 Å². The summed E-state index contributed by atoms with van der Waals surface area (Å²) >= 11 is 0. The molecule has 4 rings (SSSR count). The molecule has 0 N–H and O–H groups in total. The fourth-order valence-corrected chi connectivity index (χ4v) is 3.85. The molecule has 2 aromatic carbocycles. The lowest BCUT2D eigenvalue weighted by atomic mass is 10.1. The molecule has 0 aliphatic heterocycles. The van der Waals surface area contributed by atoms with Crippen molar-refractivity contribution in [1.82, 2.24) is 14.5 Å². The number of methoxy groups -OCH3 is 1. The third-order valence-electron chi connectivity index (χ3n) is 5.65. The summed E-state index contributed by atoms with van der Waals surface area (Å²) in [6.45, 7) is 4.67. The minimum absolute atomic E-state index is 0.112. The molecule has 1 saturated carbocycles. The van der Waals surface area contributed by atoms with Crippen molar-refractivity contribution in [3.8, 4) is 11.4 Å². The number of carbonyl (C=O) groups is 1. The van der Waals surface area contributed by atoms with Gasteiger partial charge >= 0.3 is 0 Å². The van der Waals surface area contributed by atoms with E-state index in [4.69, 9.17) is 9.72 Å². The van der Waals surface area contributed by atoms with Crippen LogP contribution in [-0.2, 0) is 4.79 Å². The lowest BCUT2D eigenvalue weighted by Crippen LogP contribution is -2.38. The average molecular weight is 405 g/mol. The number of ether oxygens (including phenoxy) is 1. The number of benzene rings is 2. The molecular weight excluding hydrogens is 378 g/mol. The van der Waals surface area contributed by atoms with E-state index in [1.54, 1.807) is 17.7 Å². The van der Waals surface area contributed by atoms with E-state index in [-0.39, 0.29) is 23.4 Å². The highest BCUT2D eigenvalue weighted by Crippen LogP contribution is 2.34. The number of carbonyl (C=O) groups excluding carboxylic acids is 1. The van der Waals surface area contributed by atoms with E-state index < -0.39 is 0 Å². The van der Waals surface area contributed by atoms with Gasteiger partial charge in [-0.3, -0.25) is 14.2 Å². The van der Waals surface area contributed by atoms with Crippen LogP contribution in [0.3, 0.4) is 0 Å². The van der Waals surface area contributed by atoms with Gasteiger partial charge in [0.15, 0.2) is 0 Å². The highest BCUT2D eigenvalue weighted by molar-refractivity contribution is 5.82. The van der Waals surface area contributed by atoms with E-state index >= 15 is 0 Å². The second-order valence-corrected chi connectivity index (χ2v) is 7.81. The quantitative estimate of drug-likeness (QED) is 0.594. The number of fused-ring (bicyclic) bond motifs is 1. The molecular formula is C24H27N3O3. The van der Waals surface area contributed by atoms with Crippen LogP contribution in [0, 0.1) is 5.92 Å².